The standard InChI is InChI=1S/C17H17N3O2S/c21-5-1-2-13-7-12-9-18-14(8-15(12)23-13)17(22)19-16-6-11-3-4-20(16)10-11/h7-9,11,16,21H,3-6,10H2,(H,19,22). The number of nitrogens with zero attached hydrogens (tertiary/aromatic N) is 2. The van der Waals surface area contributed by atoms with Crippen molar-refractivity contribution in [2.24, 2.45) is 5.92 Å². The van der Waals surface area contributed by atoms with Crippen molar-refractivity contribution in [3.05, 3.63) is 28.9 Å². The lowest BCUT2D eigenvalue weighted by molar-refractivity contribution is 0.0878. The summed E-state index contributed by atoms with van der Waals surface area (Å²) in [4.78, 5) is 19.9. The van der Waals surface area contributed by atoms with Crippen molar-refractivity contribution in [3.63, 3.8) is 0 Å². The topological polar surface area (TPSA) is 65.5 Å². The number of amides is 1. The van der Waals surface area contributed by atoms with Crippen LogP contribution < -0.4 is 5.32 Å². The van der Waals surface area contributed by atoms with Crippen LogP contribution in [0.1, 0.15) is 28.2 Å². The first-order chi connectivity index (χ1) is 11.2. The lowest BCUT2D eigenvalue weighted by Gasteiger charge is -2.25. The van der Waals surface area contributed by atoms with Crippen LogP contribution in [0.4, 0.5) is 0 Å². The number of carbonyl (C=O) groups excluding carboxylic acids is 1. The minimum absolute atomic E-state index is 0.110. The maximum Gasteiger partial charge on any atom is 0.271 e. The molecule has 0 radical (unpaired) electrons. The first-order valence-electron chi connectivity index (χ1n) is 7.77. The first-order valence-corrected chi connectivity index (χ1v) is 8.59. The molecule has 6 heteroatoms. The SMILES string of the molecule is O=C(NC1CC2CCN1C2)c1cc2sc(C#CCO)cc2cn1. The Morgan fingerprint density at radius 2 is 2.43 bits per heavy atom. The highest BCUT2D eigenvalue weighted by molar-refractivity contribution is 7.19. The van der Waals surface area contributed by atoms with E-state index < -0.39 is 0 Å². The van der Waals surface area contributed by atoms with Crippen LogP contribution in [0, 0.1) is 17.8 Å². The van der Waals surface area contributed by atoms with Crippen molar-refractivity contribution < 1.29 is 9.90 Å². The van der Waals surface area contributed by atoms with Gasteiger partial charge >= 0.3 is 0 Å². The summed E-state index contributed by atoms with van der Waals surface area (Å²) in [6.45, 7) is 2.04. The molecular weight excluding hydrogens is 310 g/mol. The van der Waals surface area contributed by atoms with Crippen LogP contribution in [0.3, 0.4) is 0 Å². The highest BCUT2D eigenvalue weighted by atomic mass is 32.1. The van der Waals surface area contributed by atoms with E-state index in [0.717, 1.165) is 40.4 Å². The number of hydrogen-bond donors (Lipinski definition) is 2. The molecule has 3 unspecified atom stereocenters. The Labute approximate surface area is 138 Å². The van der Waals surface area contributed by atoms with Crippen molar-refractivity contribution >= 4 is 27.3 Å². The number of nitrogens with one attached hydrogen (secondary N) is 1. The molecule has 2 fully saturated rings. The van der Waals surface area contributed by atoms with Crippen molar-refractivity contribution in [3.8, 4) is 11.8 Å². The third kappa shape index (κ3) is 2.83. The van der Waals surface area contributed by atoms with Gasteiger partial charge in [-0.15, -0.1) is 11.3 Å². The quantitative estimate of drug-likeness (QED) is 0.819. The van der Waals surface area contributed by atoms with Crippen molar-refractivity contribution in [2.45, 2.75) is 19.0 Å². The zero-order valence-electron chi connectivity index (χ0n) is 12.6. The maximum absolute atomic E-state index is 12.4. The number of aromatic nitrogens is 1. The highest BCUT2D eigenvalue weighted by Gasteiger charge is 2.38. The first kappa shape index (κ1) is 14.6. The van der Waals surface area contributed by atoms with E-state index in [9.17, 15) is 4.79 Å². The molecule has 1 amide bonds. The Morgan fingerprint density at radius 1 is 1.52 bits per heavy atom. The summed E-state index contributed by atoms with van der Waals surface area (Å²) in [6.07, 6.45) is 4.18. The van der Waals surface area contributed by atoms with Crippen LogP contribution in [-0.4, -0.2) is 46.8 Å². The molecule has 0 aliphatic carbocycles. The number of piperidine rings is 1. The number of hydrogen-bond acceptors (Lipinski definition) is 5. The van der Waals surface area contributed by atoms with Gasteiger partial charge in [-0.3, -0.25) is 14.7 Å². The third-order valence-electron chi connectivity index (χ3n) is 4.54. The second-order valence-corrected chi connectivity index (χ2v) is 7.14. The predicted octanol–water partition coefficient (Wildman–Crippen LogP) is 1.42. The fourth-order valence-corrected chi connectivity index (χ4v) is 4.37. The Morgan fingerprint density at radius 3 is 3.17 bits per heavy atom. The molecule has 4 rings (SSSR count). The Hall–Kier alpha value is -1.94. The molecule has 4 heterocycles. The molecule has 0 spiro atoms. The molecule has 5 nitrogen and oxygen atoms in total. The maximum atomic E-state index is 12.4. The molecule has 2 aliphatic rings. The largest absolute Gasteiger partial charge is 0.384 e. The third-order valence-corrected chi connectivity index (χ3v) is 5.55. The number of thiophene rings is 1. The predicted molar refractivity (Wildman–Crippen MR) is 89.1 cm³/mol. The summed E-state index contributed by atoms with van der Waals surface area (Å²) < 4.78 is 0.987. The Balaban J connectivity index is 1.52. The summed E-state index contributed by atoms with van der Waals surface area (Å²) in [5.41, 5.74) is 0.449. The molecule has 2 aliphatic heterocycles. The van der Waals surface area contributed by atoms with Gasteiger partial charge in [-0.1, -0.05) is 11.8 Å². The Kier molecular flexibility index (Phi) is 3.77. The number of rotatable bonds is 2. The van der Waals surface area contributed by atoms with Gasteiger partial charge in [-0.25, -0.2) is 0 Å². The van der Waals surface area contributed by atoms with Gasteiger partial charge in [0.15, 0.2) is 0 Å². The zero-order valence-corrected chi connectivity index (χ0v) is 13.4. The van der Waals surface area contributed by atoms with E-state index in [1.54, 1.807) is 6.20 Å². The molecule has 2 aromatic rings. The van der Waals surface area contributed by atoms with E-state index in [-0.39, 0.29) is 18.7 Å². The molecular formula is C17H17N3O2S. The van der Waals surface area contributed by atoms with Crippen molar-refractivity contribution in [1.29, 1.82) is 0 Å². The minimum atomic E-state index is -0.154. The van der Waals surface area contributed by atoms with Gasteiger partial charge < -0.3 is 10.4 Å². The average Bonchev–Trinajstić information content (AvgIpc) is 3.26. The van der Waals surface area contributed by atoms with E-state index in [2.05, 4.69) is 27.0 Å². The van der Waals surface area contributed by atoms with Crippen LogP contribution >= 0.6 is 11.3 Å². The number of carbonyl (C=O) groups is 1. The van der Waals surface area contributed by atoms with E-state index >= 15 is 0 Å². The van der Waals surface area contributed by atoms with Gasteiger partial charge in [-0.05, 0) is 30.9 Å². The number of aliphatic hydroxyl groups excluding tert-OH is 1. The molecule has 2 N–H and O–H groups in total. The molecule has 2 aromatic heterocycles. The van der Waals surface area contributed by atoms with Crippen LogP contribution in [0.15, 0.2) is 18.3 Å². The average molecular weight is 327 g/mol. The monoisotopic (exact) mass is 327 g/mol. The van der Waals surface area contributed by atoms with Crippen LogP contribution in [-0.2, 0) is 0 Å². The molecule has 2 bridgehead atoms. The van der Waals surface area contributed by atoms with Gasteiger partial charge in [0.2, 0.25) is 0 Å². The smallest absolute Gasteiger partial charge is 0.271 e. The van der Waals surface area contributed by atoms with Crippen LogP contribution in [0.2, 0.25) is 0 Å². The molecule has 2 saturated heterocycles. The molecule has 0 saturated carbocycles. The fraction of sp³-hybridized carbons (Fsp3) is 0.412. The van der Waals surface area contributed by atoms with E-state index in [1.807, 2.05) is 12.1 Å². The van der Waals surface area contributed by atoms with Gasteiger partial charge in [0, 0.05) is 29.4 Å². The summed E-state index contributed by atoms with van der Waals surface area (Å²) in [7, 11) is 0. The zero-order chi connectivity index (χ0) is 15.8. The summed E-state index contributed by atoms with van der Waals surface area (Å²) in [6, 6.07) is 3.75. The second kappa shape index (κ2) is 5.93. The van der Waals surface area contributed by atoms with Crippen molar-refractivity contribution in [1.82, 2.24) is 15.2 Å². The summed E-state index contributed by atoms with van der Waals surface area (Å²) >= 11 is 1.51. The van der Waals surface area contributed by atoms with Crippen molar-refractivity contribution in [2.75, 3.05) is 19.7 Å². The van der Waals surface area contributed by atoms with Gasteiger partial charge in [0.1, 0.15) is 12.3 Å². The summed E-state index contributed by atoms with van der Waals surface area (Å²) in [5.74, 6) is 6.16. The van der Waals surface area contributed by atoms with Gasteiger partial charge in [-0.2, -0.15) is 0 Å². The van der Waals surface area contributed by atoms with Gasteiger partial charge in [0.25, 0.3) is 5.91 Å². The molecule has 118 valence electrons. The fourth-order valence-electron chi connectivity index (χ4n) is 3.42. The van der Waals surface area contributed by atoms with E-state index in [1.165, 1.54) is 17.8 Å². The number of pyridine rings is 1. The van der Waals surface area contributed by atoms with E-state index in [4.69, 9.17) is 5.11 Å². The molecule has 3 atom stereocenters. The Bertz CT molecular complexity index is 820. The van der Waals surface area contributed by atoms with Crippen LogP contribution in [0.5, 0.6) is 0 Å². The number of aliphatic hydroxyl groups is 1. The molecule has 23 heavy (non-hydrogen) atoms. The highest BCUT2D eigenvalue weighted by Crippen LogP contribution is 2.31. The summed E-state index contributed by atoms with van der Waals surface area (Å²) in [5, 5.41) is 12.8. The lowest BCUT2D eigenvalue weighted by Crippen LogP contribution is -2.45. The minimum Gasteiger partial charge on any atom is -0.384 e. The lowest BCUT2D eigenvalue weighted by atomic mass is 10.0. The van der Waals surface area contributed by atoms with E-state index in [0.29, 0.717) is 5.69 Å². The normalized spacial score (nSPS) is 25.3. The molecule has 0 aromatic carbocycles. The van der Waals surface area contributed by atoms with Crippen LogP contribution in [0.25, 0.3) is 10.1 Å². The second-order valence-electron chi connectivity index (χ2n) is 6.05. The number of fused-ring (bicyclic) bond motifs is 3. The van der Waals surface area contributed by atoms with Gasteiger partial charge in [0.05, 0.1) is 11.0 Å².